The van der Waals surface area contributed by atoms with E-state index in [0.29, 0.717) is 15.6 Å². The molecule has 0 aliphatic rings. The van der Waals surface area contributed by atoms with Gasteiger partial charge in [-0.2, -0.15) is 13.1 Å². The highest BCUT2D eigenvalue weighted by atomic mass is 32.2. The molecule has 0 fully saturated rings. The van der Waals surface area contributed by atoms with Gasteiger partial charge in [-0.3, -0.25) is 4.57 Å². The number of methoxy groups -OCH3 is 1. The Balaban J connectivity index is 2.01. The number of imidazole rings is 1. The summed E-state index contributed by atoms with van der Waals surface area (Å²) >= 11 is 0. The van der Waals surface area contributed by atoms with Crippen molar-refractivity contribution in [3.05, 3.63) is 59.4 Å². The zero-order chi connectivity index (χ0) is 21.3. The molecule has 29 heavy (non-hydrogen) atoms. The lowest BCUT2D eigenvalue weighted by Gasteiger charge is -2.19. The SMILES string of the molecule is COC(=O)c1ccc(C)c(S(=O)(=O)N(C)Cc2nc3ccccc3n2C(F)F)c1. The van der Waals surface area contributed by atoms with Crippen LogP contribution in [0.5, 0.6) is 0 Å². The molecule has 0 radical (unpaired) electrons. The molecule has 10 heteroatoms. The van der Waals surface area contributed by atoms with Crippen LogP contribution in [-0.2, 0) is 21.3 Å². The van der Waals surface area contributed by atoms with Crippen molar-refractivity contribution in [2.45, 2.75) is 24.9 Å². The molecular weight excluding hydrogens is 404 g/mol. The van der Waals surface area contributed by atoms with Crippen LogP contribution < -0.4 is 0 Å². The van der Waals surface area contributed by atoms with E-state index in [-0.39, 0.29) is 28.3 Å². The van der Waals surface area contributed by atoms with Gasteiger partial charge in [-0.15, -0.1) is 0 Å². The van der Waals surface area contributed by atoms with Crippen molar-refractivity contribution in [2.75, 3.05) is 14.2 Å². The number of aryl methyl sites for hydroxylation is 1. The van der Waals surface area contributed by atoms with Crippen LogP contribution in [0.1, 0.15) is 28.3 Å². The van der Waals surface area contributed by atoms with Gasteiger partial charge in [0.15, 0.2) is 0 Å². The minimum atomic E-state index is -4.08. The van der Waals surface area contributed by atoms with Crippen LogP contribution in [0.4, 0.5) is 8.78 Å². The summed E-state index contributed by atoms with van der Waals surface area (Å²) < 4.78 is 59.6. The molecule has 7 nitrogen and oxygen atoms in total. The van der Waals surface area contributed by atoms with Crippen LogP contribution in [0, 0.1) is 6.92 Å². The zero-order valence-corrected chi connectivity index (χ0v) is 16.8. The van der Waals surface area contributed by atoms with Crippen molar-refractivity contribution in [2.24, 2.45) is 0 Å². The third kappa shape index (κ3) is 3.85. The highest BCUT2D eigenvalue weighted by molar-refractivity contribution is 7.89. The summed E-state index contributed by atoms with van der Waals surface area (Å²) in [7, 11) is -1.62. The Kier molecular flexibility index (Phi) is 5.67. The Morgan fingerprint density at radius 3 is 2.59 bits per heavy atom. The van der Waals surface area contributed by atoms with Crippen molar-refractivity contribution in [1.82, 2.24) is 13.9 Å². The molecule has 0 N–H and O–H groups in total. The van der Waals surface area contributed by atoms with Crippen molar-refractivity contribution in [1.29, 1.82) is 0 Å². The molecule has 3 aromatic rings. The van der Waals surface area contributed by atoms with Gasteiger partial charge in [0.05, 0.1) is 35.1 Å². The summed E-state index contributed by atoms with van der Waals surface area (Å²) in [6.07, 6.45) is 0. The fourth-order valence-electron chi connectivity index (χ4n) is 3.00. The lowest BCUT2D eigenvalue weighted by molar-refractivity contribution is 0.0600. The van der Waals surface area contributed by atoms with Gasteiger partial charge in [-0.1, -0.05) is 18.2 Å². The maximum Gasteiger partial charge on any atom is 0.337 e. The number of halogens is 2. The summed E-state index contributed by atoms with van der Waals surface area (Å²) in [4.78, 5) is 15.8. The smallest absolute Gasteiger partial charge is 0.337 e. The number of para-hydroxylation sites is 2. The minimum Gasteiger partial charge on any atom is -0.465 e. The maximum absolute atomic E-state index is 13.6. The van der Waals surface area contributed by atoms with Gasteiger partial charge in [0.25, 0.3) is 0 Å². The molecule has 0 unspecified atom stereocenters. The highest BCUT2D eigenvalue weighted by Gasteiger charge is 2.27. The molecule has 0 bridgehead atoms. The Bertz CT molecular complexity index is 1180. The number of alkyl halides is 2. The lowest BCUT2D eigenvalue weighted by atomic mass is 10.1. The number of hydrogen-bond donors (Lipinski definition) is 0. The number of rotatable bonds is 6. The fourth-order valence-corrected chi connectivity index (χ4v) is 4.37. The van der Waals surface area contributed by atoms with E-state index < -0.39 is 22.5 Å². The number of hydrogen-bond acceptors (Lipinski definition) is 5. The van der Waals surface area contributed by atoms with E-state index in [1.165, 1.54) is 38.4 Å². The van der Waals surface area contributed by atoms with Gasteiger partial charge in [0, 0.05) is 7.05 Å². The number of aromatic nitrogens is 2. The number of sulfonamides is 1. The Hall–Kier alpha value is -2.85. The first-order valence-electron chi connectivity index (χ1n) is 8.56. The van der Waals surface area contributed by atoms with Crippen LogP contribution in [0.25, 0.3) is 11.0 Å². The number of carbonyl (C=O) groups is 1. The van der Waals surface area contributed by atoms with Gasteiger partial charge in [-0.05, 0) is 36.8 Å². The molecule has 0 saturated carbocycles. The third-order valence-electron chi connectivity index (χ3n) is 4.53. The second-order valence-corrected chi connectivity index (χ2v) is 8.41. The molecule has 0 atom stereocenters. The van der Waals surface area contributed by atoms with Crippen molar-refractivity contribution < 1.29 is 26.7 Å². The standard InChI is InChI=1S/C19H19F2N3O4S/c1-12-8-9-13(18(25)28-3)10-16(12)29(26,27)23(2)11-17-22-14-6-4-5-7-15(14)24(17)19(20)21/h4-10,19H,11H2,1-3H3. The predicted octanol–water partition coefficient (Wildman–Crippen LogP) is 3.35. The largest absolute Gasteiger partial charge is 0.465 e. The first-order valence-corrected chi connectivity index (χ1v) is 10.00. The van der Waals surface area contributed by atoms with E-state index in [0.717, 1.165) is 4.31 Å². The van der Waals surface area contributed by atoms with E-state index in [2.05, 4.69) is 9.72 Å². The summed E-state index contributed by atoms with van der Waals surface area (Å²) in [5.41, 5.74) is 1.04. The number of carbonyl (C=O) groups excluding carboxylic acids is 1. The lowest BCUT2D eigenvalue weighted by Crippen LogP contribution is -2.29. The van der Waals surface area contributed by atoms with Crippen LogP contribution in [0.2, 0.25) is 0 Å². The summed E-state index contributed by atoms with van der Waals surface area (Å²) in [6.45, 7) is -1.67. The van der Waals surface area contributed by atoms with E-state index in [1.54, 1.807) is 25.1 Å². The summed E-state index contributed by atoms with van der Waals surface area (Å²) in [6, 6.07) is 10.5. The van der Waals surface area contributed by atoms with Crippen molar-refractivity contribution in [3.8, 4) is 0 Å². The summed E-state index contributed by atoms with van der Waals surface area (Å²) in [5.74, 6) is -0.766. The molecule has 0 aliphatic carbocycles. The number of esters is 1. The minimum absolute atomic E-state index is 0.0740. The Morgan fingerprint density at radius 1 is 1.24 bits per heavy atom. The Morgan fingerprint density at radius 2 is 1.93 bits per heavy atom. The molecule has 3 rings (SSSR count). The van der Waals surface area contributed by atoms with Crippen molar-refractivity contribution in [3.63, 3.8) is 0 Å². The van der Waals surface area contributed by atoms with Gasteiger partial charge >= 0.3 is 12.5 Å². The van der Waals surface area contributed by atoms with Crippen LogP contribution in [0.15, 0.2) is 47.4 Å². The second-order valence-electron chi connectivity index (χ2n) is 6.40. The van der Waals surface area contributed by atoms with E-state index in [1.807, 2.05) is 0 Å². The maximum atomic E-state index is 13.6. The van der Waals surface area contributed by atoms with Crippen LogP contribution >= 0.6 is 0 Å². The second kappa shape index (κ2) is 7.88. The predicted molar refractivity (Wildman–Crippen MR) is 102 cm³/mol. The molecule has 0 spiro atoms. The van der Waals surface area contributed by atoms with E-state index in [9.17, 15) is 22.0 Å². The quantitative estimate of drug-likeness (QED) is 0.568. The number of nitrogens with zero attached hydrogens (tertiary/aromatic N) is 3. The first-order chi connectivity index (χ1) is 13.7. The summed E-state index contributed by atoms with van der Waals surface area (Å²) in [5, 5.41) is 0. The van der Waals surface area contributed by atoms with Gasteiger partial charge < -0.3 is 4.74 Å². The average Bonchev–Trinajstić information content (AvgIpc) is 3.05. The Labute approximate surface area is 166 Å². The van der Waals surface area contributed by atoms with Crippen molar-refractivity contribution >= 4 is 27.0 Å². The molecule has 0 amide bonds. The molecule has 1 aromatic heterocycles. The average molecular weight is 423 g/mol. The zero-order valence-electron chi connectivity index (χ0n) is 16.0. The van der Waals surface area contributed by atoms with E-state index >= 15 is 0 Å². The molecule has 2 aromatic carbocycles. The topological polar surface area (TPSA) is 81.5 Å². The number of benzene rings is 2. The normalized spacial score (nSPS) is 12.1. The number of ether oxygens (including phenoxy) is 1. The van der Waals surface area contributed by atoms with E-state index in [4.69, 9.17) is 0 Å². The van der Waals surface area contributed by atoms with Crippen LogP contribution in [0.3, 0.4) is 0 Å². The molecular formula is C19H19F2N3O4S. The number of fused-ring (bicyclic) bond motifs is 1. The highest BCUT2D eigenvalue weighted by Crippen LogP contribution is 2.26. The van der Waals surface area contributed by atoms with Gasteiger partial charge in [0.2, 0.25) is 10.0 Å². The monoisotopic (exact) mass is 423 g/mol. The fraction of sp³-hybridized carbons (Fsp3) is 0.263. The molecule has 154 valence electrons. The molecule has 1 heterocycles. The molecule has 0 aliphatic heterocycles. The van der Waals surface area contributed by atoms with Crippen LogP contribution in [-0.4, -0.2) is 42.4 Å². The third-order valence-corrected chi connectivity index (χ3v) is 6.47. The van der Waals surface area contributed by atoms with Gasteiger partial charge in [-0.25, -0.2) is 18.2 Å². The van der Waals surface area contributed by atoms with Gasteiger partial charge in [0.1, 0.15) is 5.82 Å². The first kappa shape index (κ1) is 20.9. The molecule has 0 saturated heterocycles.